The molecule has 2 unspecified atom stereocenters. The molecule has 2 atom stereocenters. The number of ether oxygens (including phenoxy) is 2. The lowest BCUT2D eigenvalue weighted by Crippen LogP contribution is -2.35. The molecule has 0 aromatic carbocycles. The van der Waals surface area contributed by atoms with Gasteiger partial charge in [0.05, 0.1) is 13.2 Å². The molecule has 108 valence electrons. The number of hydrogen-bond donors (Lipinski definition) is 1. The molecule has 0 aromatic heterocycles. The molecule has 1 aliphatic rings. The van der Waals surface area contributed by atoms with Crippen LogP contribution < -0.4 is 5.32 Å². The summed E-state index contributed by atoms with van der Waals surface area (Å²) in [6.45, 7) is 11.8. The first kappa shape index (κ1) is 15.9. The van der Waals surface area contributed by atoms with Crippen LogP contribution in [0.4, 0.5) is 0 Å². The van der Waals surface area contributed by atoms with Crippen LogP contribution in [0.2, 0.25) is 0 Å². The fourth-order valence-corrected chi connectivity index (χ4v) is 2.77. The lowest BCUT2D eigenvalue weighted by molar-refractivity contribution is -0.0540. The molecule has 0 aliphatic carbocycles. The highest BCUT2D eigenvalue weighted by Gasteiger charge is 2.22. The summed E-state index contributed by atoms with van der Waals surface area (Å²) < 4.78 is 11.1. The molecule has 1 fully saturated rings. The number of hydrogen-bond acceptors (Lipinski definition) is 3. The summed E-state index contributed by atoms with van der Waals surface area (Å²) in [6, 6.07) is 0.529. The average molecular weight is 257 g/mol. The summed E-state index contributed by atoms with van der Waals surface area (Å²) >= 11 is 0. The minimum Gasteiger partial charge on any atom is -0.350 e. The van der Waals surface area contributed by atoms with Crippen LogP contribution >= 0.6 is 0 Å². The van der Waals surface area contributed by atoms with Gasteiger partial charge in [0, 0.05) is 12.5 Å². The lowest BCUT2D eigenvalue weighted by Gasteiger charge is -2.25. The Balaban J connectivity index is 2.33. The van der Waals surface area contributed by atoms with Crippen molar-refractivity contribution in [2.75, 3.05) is 19.8 Å². The van der Waals surface area contributed by atoms with Gasteiger partial charge in [-0.05, 0) is 37.6 Å². The Kier molecular flexibility index (Phi) is 7.87. The summed E-state index contributed by atoms with van der Waals surface area (Å²) in [5.74, 6) is 1.55. The van der Waals surface area contributed by atoms with Gasteiger partial charge in [-0.1, -0.05) is 27.7 Å². The van der Waals surface area contributed by atoms with Gasteiger partial charge in [-0.3, -0.25) is 0 Å². The van der Waals surface area contributed by atoms with E-state index in [0.29, 0.717) is 6.04 Å². The van der Waals surface area contributed by atoms with Gasteiger partial charge in [-0.15, -0.1) is 0 Å². The zero-order chi connectivity index (χ0) is 13.4. The van der Waals surface area contributed by atoms with Crippen molar-refractivity contribution in [1.82, 2.24) is 5.32 Å². The lowest BCUT2D eigenvalue weighted by atomic mass is 9.91. The number of rotatable bonds is 9. The minimum atomic E-state index is 0.0191. The molecule has 3 heteroatoms. The van der Waals surface area contributed by atoms with E-state index in [2.05, 4.69) is 33.0 Å². The SMILES string of the molecule is CCCNC(CC(C)CC(C)C)CC1OCCO1. The smallest absolute Gasteiger partial charge is 0.159 e. The van der Waals surface area contributed by atoms with Crippen molar-refractivity contribution in [1.29, 1.82) is 0 Å². The second-order valence-corrected chi connectivity index (χ2v) is 6.03. The molecule has 1 aliphatic heterocycles. The quantitative estimate of drug-likeness (QED) is 0.688. The third-order valence-electron chi connectivity index (χ3n) is 3.41. The predicted molar refractivity (Wildman–Crippen MR) is 75.6 cm³/mol. The van der Waals surface area contributed by atoms with Crippen molar-refractivity contribution >= 4 is 0 Å². The highest BCUT2D eigenvalue weighted by molar-refractivity contribution is 4.73. The van der Waals surface area contributed by atoms with Crippen molar-refractivity contribution in [3.05, 3.63) is 0 Å². The molecule has 0 radical (unpaired) electrons. The van der Waals surface area contributed by atoms with Gasteiger partial charge < -0.3 is 14.8 Å². The average Bonchev–Trinajstić information content (AvgIpc) is 2.77. The molecule has 18 heavy (non-hydrogen) atoms. The normalized spacial score (nSPS) is 20.5. The van der Waals surface area contributed by atoms with Crippen LogP contribution in [-0.2, 0) is 9.47 Å². The van der Waals surface area contributed by atoms with Crippen LogP contribution in [0.1, 0.15) is 53.4 Å². The Morgan fingerprint density at radius 1 is 1.11 bits per heavy atom. The molecule has 1 heterocycles. The van der Waals surface area contributed by atoms with E-state index in [1.807, 2.05) is 0 Å². The van der Waals surface area contributed by atoms with Crippen molar-refractivity contribution in [2.24, 2.45) is 11.8 Å². The van der Waals surface area contributed by atoms with Gasteiger partial charge in [0.1, 0.15) is 0 Å². The fraction of sp³-hybridized carbons (Fsp3) is 1.00. The summed E-state index contributed by atoms with van der Waals surface area (Å²) in [5, 5.41) is 3.64. The highest BCUT2D eigenvalue weighted by Crippen LogP contribution is 2.20. The zero-order valence-electron chi connectivity index (χ0n) is 12.6. The number of nitrogens with one attached hydrogen (secondary N) is 1. The van der Waals surface area contributed by atoms with Crippen LogP contribution in [0.15, 0.2) is 0 Å². The first-order valence-electron chi connectivity index (χ1n) is 7.58. The van der Waals surface area contributed by atoms with Gasteiger partial charge in [-0.2, -0.15) is 0 Å². The third-order valence-corrected chi connectivity index (χ3v) is 3.41. The molecule has 3 nitrogen and oxygen atoms in total. The van der Waals surface area contributed by atoms with E-state index in [-0.39, 0.29) is 6.29 Å². The molecule has 0 spiro atoms. The van der Waals surface area contributed by atoms with Gasteiger partial charge >= 0.3 is 0 Å². The van der Waals surface area contributed by atoms with Gasteiger partial charge in [0.25, 0.3) is 0 Å². The predicted octanol–water partition coefficient (Wildman–Crippen LogP) is 3.19. The van der Waals surface area contributed by atoms with E-state index >= 15 is 0 Å². The molecule has 1 saturated heterocycles. The van der Waals surface area contributed by atoms with E-state index in [1.165, 1.54) is 19.3 Å². The third kappa shape index (κ3) is 6.72. The molecular formula is C15H31NO2. The van der Waals surface area contributed by atoms with Crippen LogP contribution in [0, 0.1) is 11.8 Å². The molecular weight excluding hydrogens is 226 g/mol. The van der Waals surface area contributed by atoms with Crippen LogP contribution in [0.5, 0.6) is 0 Å². The second kappa shape index (κ2) is 8.89. The Labute approximate surface area is 113 Å². The van der Waals surface area contributed by atoms with E-state index in [4.69, 9.17) is 9.47 Å². The van der Waals surface area contributed by atoms with E-state index in [1.54, 1.807) is 0 Å². The minimum absolute atomic E-state index is 0.0191. The van der Waals surface area contributed by atoms with Gasteiger partial charge in [0.2, 0.25) is 0 Å². The molecule has 0 saturated carbocycles. The largest absolute Gasteiger partial charge is 0.350 e. The zero-order valence-corrected chi connectivity index (χ0v) is 12.6. The Hall–Kier alpha value is -0.120. The molecule has 0 bridgehead atoms. The van der Waals surface area contributed by atoms with Crippen molar-refractivity contribution in [2.45, 2.75) is 65.7 Å². The topological polar surface area (TPSA) is 30.5 Å². The maximum atomic E-state index is 5.56. The summed E-state index contributed by atoms with van der Waals surface area (Å²) in [5.41, 5.74) is 0. The van der Waals surface area contributed by atoms with E-state index in [9.17, 15) is 0 Å². The molecule has 1 N–H and O–H groups in total. The maximum Gasteiger partial charge on any atom is 0.159 e. The maximum absolute atomic E-state index is 5.56. The van der Waals surface area contributed by atoms with Crippen LogP contribution in [0.3, 0.4) is 0 Å². The van der Waals surface area contributed by atoms with Crippen LogP contribution in [0.25, 0.3) is 0 Å². The Bertz CT molecular complexity index is 203. The molecule has 0 amide bonds. The van der Waals surface area contributed by atoms with Crippen molar-refractivity contribution in [3.8, 4) is 0 Å². The Morgan fingerprint density at radius 3 is 2.33 bits per heavy atom. The summed E-state index contributed by atoms with van der Waals surface area (Å²) in [6.07, 6.45) is 4.72. The summed E-state index contributed by atoms with van der Waals surface area (Å²) in [7, 11) is 0. The van der Waals surface area contributed by atoms with Gasteiger partial charge in [-0.25, -0.2) is 0 Å². The van der Waals surface area contributed by atoms with Crippen LogP contribution in [-0.4, -0.2) is 32.1 Å². The van der Waals surface area contributed by atoms with E-state index in [0.717, 1.165) is 38.0 Å². The van der Waals surface area contributed by atoms with Gasteiger partial charge in [0.15, 0.2) is 6.29 Å². The Morgan fingerprint density at radius 2 is 1.78 bits per heavy atom. The fourth-order valence-electron chi connectivity index (χ4n) is 2.77. The first-order chi connectivity index (χ1) is 8.61. The first-order valence-corrected chi connectivity index (χ1v) is 7.58. The van der Waals surface area contributed by atoms with Crippen molar-refractivity contribution in [3.63, 3.8) is 0 Å². The molecule has 0 aromatic rings. The monoisotopic (exact) mass is 257 g/mol. The summed E-state index contributed by atoms with van der Waals surface area (Å²) in [4.78, 5) is 0. The standard InChI is InChI=1S/C15H31NO2/c1-5-6-16-14(10-13(4)9-12(2)3)11-15-17-7-8-18-15/h12-16H,5-11H2,1-4H3. The van der Waals surface area contributed by atoms with E-state index < -0.39 is 0 Å². The highest BCUT2D eigenvalue weighted by atomic mass is 16.7. The second-order valence-electron chi connectivity index (χ2n) is 6.03. The van der Waals surface area contributed by atoms with Crippen molar-refractivity contribution < 1.29 is 9.47 Å². The molecule has 1 rings (SSSR count).